The van der Waals surface area contributed by atoms with Crippen LogP contribution in [0.15, 0.2) is 51.5 Å². The quantitative estimate of drug-likeness (QED) is 0.377. The Balaban J connectivity index is 1.67. The molecule has 9 heteroatoms. The molecule has 0 saturated carbocycles. The number of hydrogen-bond donors (Lipinski definition) is 1. The lowest BCUT2D eigenvalue weighted by atomic mass is 10.2. The van der Waals surface area contributed by atoms with E-state index in [0.717, 1.165) is 40.5 Å². The van der Waals surface area contributed by atoms with Gasteiger partial charge in [0, 0.05) is 11.8 Å². The SMILES string of the molecule is COC(=O)/C=C1/S/C(=N\N=Cc2ccc(-n3nc(C)cc3C)cc2)NC1=O. The van der Waals surface area contributed by atoms with Gasteiger partial charge in [-0.3, -0.25) is 10.1 Å². The third-order valence-corrected chi connectivity index (χ3v) is 4.50. The molecule has 8 nitrogen and oxygen atoms in total. The van der Waals surface area contributed by atoms with E-state index in [1.807, 2.05) is 48.9 Å². The third kappa shape index (κ3) is 4.50. The van der Waals surface area contributed by atoms with Gasteiger partial charge in [-0.15, -0.1) is 5.10 Å². The summed E-state index contributed by atoms with van der Waals surface area (Å²) >= 11 is 1.03. The van der Waals surface area contributed by atoms with Crippen LogP contribution in [0.2, 0.25) is 0 Å². The van der Waals surface area contributed by atoms with Crippen molar-refractivity contribution < 1.29 is 14.3 Å². The maximum absolute atomic E-state index is 11.7. The van der Waals surface area contributed by atoms with Gasteiger partial charge in [0.05, 0.1) is 29.6 Å². The Bertz CT molecular complexity index is 973. The van der Waals surface area contributed by atoms with E-state index in [4.69, 9.17) is 0 Å². The number of carbonyl (C=O) groups excluding carboxylic acids is 2. The summed E-state index contributed by atoms with van der Waals surface area (Å²) in [5.41, 5.74) is 3.83. The van der Waals surface area contributed by atoms with Crippen LogP contribution >= 0.6 is 11.8 Å². The minimum absolute atomic E-state index is 0.213. The molecule has 0 aliphatic carbocycles. The van der Waals surface area contributed by atoms with Crippen molar-refractivity contribution in [3.63, 3.8) is 0 Å². The van der Waals surface area contributed by atoms with Gasteiger partial charge in [0.25, 0.3) is 5.91 Å². The molecule has 3 rings (SSSR count). The fourth-order valence-electron chi connectivity index (χ4n) is 2.38. The molecule has 1 N–H and O–H groups in total. The second-order valence-electron chi connectivity index (χ2n) is 5.67. The molecule has 1 amide bonds. The van der Waals surface area contributed by atoms with Crippen molar-refractivity contribution in [2.75, 3.05) is 7.11 Å². The van der Waals surface area contributed by atoms with Crippen molar-refractivity contribution in [2.45, 2.75) is 13.8 Å². The molecular weight excluding hydrogens is 366 g/mol. The third-order valence-electron chi connectivity index (χ3n) is 3.60. The zero-order valence-electron chi connectivity index (χ0n) is 15.0. The van der Waals surface area contributed by atoms with Gasteiger partial charge in [0.1, 0.15) is 0 Å². The van der Waals surface area contributed by atoms with Gasteiger partial charge < -0.3 is 4.74 Å². The van der Waals surface area contributed by atoms with Gasteiger partial charge in [-0.1, -0.05) is 12.1 Å². The summed E-state index contributed by atoms with van der Waals surface area (Å²) in [6.45, 7) is 3.96. The van der Waals surface area contributed by atoms with Crippen LogP contribution in [0.3, 0.4) is 0 Å². The van der Waals surface area contributed by atoms with Crippen LogP contribution in [0.5, 0.6) is 0 Å². The number of ether oxygens (including phenoxy) is 1. The van der Waals surface area contributed by atoms with Crippen LogP contribution in [-0.4, -0.2) is 40.1 Å². The monoisotopic (exact) mass is 383 g/mol. The number of amidine groups is 1. The predicted octanol–water partition coefficient (Wildman–Crippen LogP) is 2.10. The Kier molecular flexibility index (Phi) is 5.51. The van der Waals surface area contributed by atoms with Crippen LogP contribution in [0.4, 0.5) is 0 Å². The summed E-state index contributed by atoms with van der Waals surface area (Å²) < 4.78 is 6.37. The molecule has 0 bridgehead atoms. The van der Waals surface area contributed by atoms with Crippen LogP contribution in [-0.2, 0) is 14.3 Å². The number of carbonyl (C=O) groups is 2. The average molecular weight is 383 g/mol. The highest BCUT2D eigenvalue weighted by molar-refractivity contribution is 8.18. The zero-order valence-corrected chi connectivity index (χ0v) is 15.8. The highest BCUT2D eigenvalue weighted by Gasteiger charge is 2.24. The van der Waals surface area contributed by atoms with Crippen LogP contribution < -0.4 is 5.32 Å². The summed E-state index contributed by atoms with van der Waals surface area (Å²) in [7, 11) is 1.25. The van der Waals surface area contributed by atoms with E-state index in [9.17, 15) is 9.59 Å². The lowest BCUT2D eigenvalue weighted by Crippen LogP contribution is -2.19. The van der Waals surface area contributed by atoms with E-state index in [1.54, 1.807) is 6.21 Å². The second kappa shape index (κ2) is 8.00. The molecule has 1 saturated heterocycles. The Labute approximate surface area is 160 Å². The molecule has 27 heavy (non-hydrogen) atoms. The number of rotatable bonds is 4. The van der Waals surface area contributed by atoms with Gasteiger partial charge in [0.2, 0.25) is 0 Å². The Morgan fingerprint density at radius 1 is 1.30 bits per heavy atom. The molecule has 0 radical (unpaired) electrons. The van der Waals surface area contributed by atoms with Crippen molar-refractivity contribution in [3.05, 3.63) is 58.3 Å². The summed E-state index contributed by atoms with van der Waals surface area (Å²) in [5, 5.41) is 15.2. The normalized spacial score (nSPS) is 17.1. The molecule has 2 aromatic rings. The number of thioether (sulfide) groups is 1. The van der Waals surface area contributed by atoms with Gasteiger partial charge in [-0.25, -0.2) is 9.48 Å². The van der Waals surface area contributed by atoms with E-state index in [0.29, 0.717) is 5.17 Å². The smallest absolute Gasteiger partial charge is 0.331 e. The van der Waals surface area contributed by atoms with Crippen molar-refractivity contribution in [2.24, 2.45) is 10.2 Å². The molecule has 0 spiro atoms. The Morgan fingerprint density at radius 2 is 2.04 bits per heavy atom. The van der Waals surface area contributed by atoms with E-state index in [1.165, 1.54) is 7.11 Å². The predicted molar refractivity (Wildman–Crippen MR) is 104 cm³/mol. The van der Waals surface area contributed by atoms with E-state index in [-0.39, 0.29) is 4.91 Å². The molecule has 2 heterocycles. The standard InChI is InChI=1S/C18H17N5O3S/c1-11-8-12(2)23(22-11)14-6-4-13(5-7-14)10-19-21-18-20-17(25)15(27-18)9-16(24)26-3/h4-10H,1-3H3,(H,20,21,25)/b15-9+,19-10?. The number of esters is 1. The second-order valence-corrected chi connectivity index (χ2v) is 6.70. The highest BCUT2D eigenvalue weighted by Crippen LogP contribution is 2.23. The Morgan fingerprint density at radius 3 is 2.67 bits per heavy atom. The average Bonchev–Trinajstić information content (AvgIpc) is 3.16. The van der Waals surface area contributed by atoms with Gasteiger partial charge in [-0.05, 0) is 49.4 Å². The summed E-state index contributed by atoms with van der Waals surface area (Å²) in [6.07, 6.45) is 2.69. The van der Waals surface area contributed by atoms with E-state index in [2.05, 4.69) is 25.4 Å². The first kappa shape index (κ1) is 18.6. The number of hydrogen-bond acceptors (Lipinski definition) is 7. The number of aromatic nitrogens is 2. The maximum atomic E-state index is 11.7. The van der Waals surface area contributed by atoms with Crippen molar-refractivity contribution >= 4 is 35.0 Å². The number of nitrogens with zero attached hydrogens (tertiary/aromatic N) is 4. The summed E-state index contributed by atoms with van der Waals surface area (Å²) in [6, 6.07) is 9.70. The van der Waals surface area contributed by atoms with Crippen molar-refractivity contribution in [3.8, 4) is 5.69 Å². The molecular formula is C18H17N5O3S. The molecule has 0 atom stereocenters. The lowest BCUT2D eigenvalue weighted by molar-refractivity contribution is -0.135. The minimum Gasteiger partial charge on any atom is -0.466 e. The van der Waals surface area contributed by atoms with Crippen molar-refractivity contribution in [1.29, 1.82) is 0 Å². The Hall–Kier alpha value is -3.20. The van der Waals surface area contributed by atoms with Gasteiger partial charge >= 0.3 is 5.97 Å². The van der Waals surface area contributed by atoms with E-state index < -0.39 is 11.9 Å². The molecule has 1 fully saturated rings. The summed E-state index contributed by atoms with van der Waals surface area (Å²) in [5.74, 6) is -1.01. The number of nitrogens with one attached hydrogen (secondary N) is 1. The first-order valence-corrected chi connectivity index (χ1v) is 8.81. The molecule has 0 unspecified atom stereocenters. The van der Waals surface area contributed by atoms with Gasteiger partial charge in [0.15, 0.2) is 5.17 Å². The van der Waals surface area contributed by atoms with Crippen LogP contribution in [0, 0.1) is 13.8 Å². The molecule has 1 aliphatic rings. The van der Waals surface area contributed by atoms with Crippen LogP contribution in [0.25, 0.3) is 5.69 Å². The molecule has 138 valence electrons. The summed E-state index contributed by atoms with van der Waals surface area (Å²) in [4.78, 5) is 23.1. The topological polar surface area (TPSA) is 97.9 Å². The minimum atomic E-state index is -0.597. The fourth-order valence-corrected chi connectivity index (χ4v) is 3.12. The first-order valence-electron chi connectivity index (χ1n) is 8.00. The fraction of sp³-hybridized carbons (Fsp3) is 0.167. The van der Waals surface area contributed by atoms with Crippen LogP contribution in [0.1, 0.15) is 17.0 Å². The van der Waals surface area contributed by atoms with E-state index >= 15 is 0 Å². The number of benzene rings is 1. The number of aryl methyl sites for hydroxylation is 2. The molecule has 1 aromatic carbocycles. The number of amides is 1. The molecule has 1 aliphatic heterocycles. The molecule has 1 aromatic heterocycles. The zero-order chi connectivity index (χ0) is 19.4. The maximum Gasteiger partial charge on any atom is 0.331 e. The highest BCUT2D eigenvalue weighted by atomic mass is 32.2. The number of methoxy groups -OCH3 is 1. The van der Waals surface area contributed by atoms with Gasteiger partial charge in [-0.2, -0.15) is 10.2 Å². The largest absolute Gasteiger partial charge is 0.466 e. The first-order chi connectivity index (χ1) is 13.0. The van der Waals surface area contributed by atoms with Crippen molar-refractivity contribution in [1.82, 2.24) is 15.1 Å². The lowest BCUT2D eigenvalue weighted by Gasteiger charge is -2.04.